The second-order valence-corrected chi connectivity index (χ2v) is 5.90. The molecule has 2 rings (SSSR count). The molecule has 0 aliphatic carbocycles. The van der Waals surface area contributed by atoms with Crippen molar-refractivity contribution in [1.29, 1.82) is 0 Å². The van der Waals surface area contributed by atoms with E-state index in [4.69, 9.17) is 15.2 Å². The number of ether oxygens (including phenoxy) is 2. The van der Waals surface area contributed by atoms with Crippen LogP contribution in [0.3, 0.4) is 0 Å². The SMILES string of the molecule is COC1(c2nc(N)nc(C(C)(C)C)n2)CCOCC1. The number of aromatic nitrogens is 3. The minimum absolute atomic E-state index is 0.175. The van der Waals surface area contributed by atoms with Gasteiger partial charge in [-0.15, -0.1) is 0 Å². The Morgan fingerprint density at radius 3 is 2.32 bits per heavy atom. The van der Waals surface area contributed by atoms with Gasteiger partial charge in [0, 0.05) is 38.6 Å². The van der Waals surface area contributed by atoms with Crippen LogP contribution in [0.15, 0.2) is 0 Å². The molecule has 1 aromatic heterocycles. The monoisotopic (exact) mass is 266 g/mol. The molecule has 1 aliphatic rings. The average Bonchev–Trinajstić information content (AvgIpc) is 2.38. The van der Waals surface area contributed by atoms with E-state index in [1.54, 1.807) is 7.11 Å². The maximum atomic E-state index is 5.83. The Morgan fingerprint density at radius 1 is 1.16 bits per heavy atom. The molecule has 2 heterocycles. The van der Waals surface area contributed by atoms with Crippen LogP contribution < -0.4 is 5.73 Å². The average molecular weight is 266 g/mol. The van der Waals surface area contributed by atoms with Crippen molar-refractivity contribution >= 4 is 5.95 Å². The number of hydrogen-bond donors (Lipinski definition) is 1. The molecule has 1 saturated heterocycles. The highest BCUT2D eigenvalue weighted by Gasteiger charge is 2.38. The molecule has 1 fully saturated rings. The Balaban J connectivity index is 2.46. The van der Waals surface area contributed by atoms with Crippen molar-refractivity contribution in [2.75, 3.05) is 26.1 Å². The van der Waals surface area contributed by atoms with Crippen LogP contribution in [-0.2, 0) is 20.5 Å². The molecule has 0 bridgehead atoms. The third-order valence-electron chi connectivity index (χ3n) is 3.42. The van der Waals surface area contributed by atoms with Crippen LogP contribution in [-0.4, -0.2) is 35.3 Å². The first-order chi connectivity index (χ1) is 8.87. The molecule has 0 amide bonds. The van der Waals surface area contributed by atoms with Gasteiger partial charge in [-0.3, -0.25) is 0 Å². The highest BCUT2D eigenvalue weighted by Crippen LogP contribution is 2.34. The van der Waals surface area contributed by atoms with E-state index in [-0.39, 0.29) is 11.4 Å². The fourth-order valence-electron chi connectivity index (χ4n) is 2.15. The fraction of sp³-hybridized carbons (Fsp3) is 0.769. The van der Waals surface area contributed by atoms with E-state index in [9.17, 15) is 0 Å². The predicted octanol–water partition coefficient (Wildman–Crippen LogP) is 1.40. The number of hydrogen-bond acceptors (Lipinski definition) is 6. The molecule has 0 unspecified atom stereocenters. The second kappa shape index (κ2) is 5.02. The van der Waals surface area contributed by atoms with Gasteiger partial charge in [-0.05, 0) is 0 Å². The number of anilines is 1. The summed E-state index contributed by atoms with van der Waals surface area (Å²) in [6.45, 7) is 7.44. The number of rotatable bonds is 2. The Kier molecular flexibility index (Phi) is 3.73. The Hall–Kier alpha value is -1.27. The smallest absolute Gasteiger partial charge is 0.223 e. The molecule has 1 aliphatic heterocycles. The van der Waals surface area contributed by atoms with Gasteiger partial charge in [0.05, 0.1) is 0 Å². The summed E-state index contributed by atoms with van der Waals surface area (Å²) in [5.74, 6) is 1.56. The zero-order valence-electron chi connectivity index (χ0n) is 12.1. The van der Waals surface area contributed by atoms with E-state index in [1.807, 2.05) is 0 Å². The molecule has 0 radical (unpaired) electrons. The summed E-state index contributed by atoms with van der Waals surface area (Å²) in [7, 11) is 1.68. The normalized spacial score (nSPS) is 19.4. The highest BCUT2D eigenvalue weighted by molar-refractivity contribution is 5.22. The molecule has 1 aromatic rings. The van der Waals surface area contributed by atoms with E-state index in [1.165, 1.54) is 0 Å². The molecule has 0 atom stereocenters. The van der Waals surface area contributed by atoms with E-state index < -0.39 is 5.60 Å². The zero-order valence-corrected chi connectivity index (χ0v) is 12.1. The summed E-state index contributed by atoms with van der Waals surface area (Å²) in [5.41, 5.74) is 5.15. The lowest BCUT2D eigenvalue weighted by molar-refractivity contribution is -0.100. The molecular weight excluding hydrogens is 244 g/mol. The first-order valence-corrected chi connectivity index (χ1v) is 6.53. The van der Waals surface area contributed by atoms with Crippen LogP contribution in [0.25, 0.3) is 0 Å². The lowest BCUT2D eigenvalue weighted by Gasteiger charge is -2.34. The maximum Gasteiger partial charge on any atom is 0.223 e. The quantitative estimate of drug-likeness (QED) is 0.871. The lowest BCUT2D eigenvalue weighted by Crippen LogP contribution is -2.38. The minimum atomic E-state index is -0.505. The molecule has 0 saturated carbocycles. The third kappa shape index (κ3) is 2.84. The number of nitrogens with two attached hydrogens (primary N) is 1. The van der Waals surface area contributed by atoms with Gasteiger partial charge in [0.1, 0.15) is 11.4 Å². The molecule has 106 valence electrons. The van der Waals surface area contributed by atoms with Crippen LogP contribution in [0.2, 0.25) is 0 Å². The highest BCUT2D eigenvalue weighted by atomic mass is 16.5. The fourth-order valence-corrected chi connectivity index (χ4v) is 2.15. The van der Waals surface area contributed by atoms with Gasteiger partial charge in [-0.1, -0.05) is 20.8 Å². The summed E-state index contributed by atoms with van der Waals surface area (Å²) in [4.78, 5) is 13.1. The van der Waals surface area contributed by atoms with Crippen LogP contribution in [0, 0.1) is 0 Å². The molecule has 0 aromatic carbocycles. The molecular formula is C13H22N4O2. The summed E-state index contributed by atoms with van der Waals surface area (Å²) in [6, 6.07) is 0. The summed E-state index contributed by atoms with van der Waals surface area (Å²) >= 11 is 0. The topological polar surface area (TPSA) is 83.2 Å². The lowest BCUT2D eigenvalue weighted by atomic mass is 9.91. The molecule has 0 spiro atoms. The van der Waals surface area contributed by atoms with Crippen molar-refractivity contribution in [3.8, 4) is 0 Å². The van der Waals surface area contributed by atoms with Gasteiger partial charge >= 0.3 is 0 Å². The Morgan fingerprint density at radius 2 is 1.79 bits per heavy atom. The van der Waals surface area contributed by atoms with Crippen LogP contribution in [0.5, 0.6) is 0 Å². The van der Waals surface area contributed by atoms with Crippen molar-refractivity contribution in [2.24, 2.45) is 0 Å². The van der Waals surface area contributed by atoms with E-state index in [0.717, 1.165) is 12.8 Å². The molecule has 2 N–H and O–H groups in total. The first kappa shape index (κ1) is 14.1. The van der Waals surface area contributed by atoms with Crippen molar-refractivity contribution in [1.82, 2.24) is 15.0 Å². The minimum Gasteiger partial charge on any atom is -0.381 e. The van der Waals surface area contributed by atoms with Crippen LogP contribution in [0.4, 0.5) is 5.95 Å². The van der Waals surface area contributed by atoms with Crippen molar-refractivity contribution in [3.05, 3.63) is 11.6 Å². The van der Waals surface area contributed by atoms with E-state index >= 15 is 0 Å². The van der Waals surface area contributed by atoms with Gasteiger partial charge < -0.3 is 15.2 Å². The summed E-state index contributed by atoms with van der Waals surface area (Å²) in [5, 5.41) is 0. The van der Waals surface area contributed by atoms with Crippen molar-refractivity contribution < 1.29 is 9.47 Å². The maximum absolute atomic E-state index is 5.83. The summed E-state index contributed by atoms with van der Waals surface area (Å²) < 4.78 is 11.1. The van der Waals surface area contributed by atoms with Crippen LogP contribution >= 0.6 is 0 Å². The van der Waals surface area contributed by atoms with Crippen molar-refractivity contribution in [2.45, 2.75) is 44.6 Å². The first-order valence-electron chi connectivity index (χ1n) is 6.53. The number of methoxy groups -OCH3 is 1. The van der Waals surface area contributed by atoms with Crippen molar-refractivity contribution in [3.63, 3.8) is 0 Å². The largest absolute Gasteiger partial charge is 0.381 e. The van der Waals surface area contributed by atoms with Crippen LogP contribution in [0.1, 0.15) is 45.3 Å². The predicted molar refractivity (Wildman–Crippen MR) is 71.7 cm³/mol. The number of nitrogen functional groups attached to an aromatic ring is 1. The van der Waals surface area contributed by atoms with Gasteiger partial charge in [-0.25, -0.2) is 4.98 Å². The summed E-state index contributed by atoms with van der Waals surface area (Å²) in [6.07, 6.45) is 1.47. The zero-order chi connectivity index (χ0) is 14.1. The second-order valence-electron chi connectivity index (χ2n) is 5.90. The van der Waals surface area contributed by atoms with Gasteiger partial charge in [0.25, 0.3) is 0 Å². The van der Waals surface area contributed by atoms with Gasteiger partial charge in [-0.2, -0.15) is 9.97 Å². The molecule has 6 heteroatoms. The molecule has 6 nitrogen and oxygen atoms in total. The Labute approximate surface area is 113 Å². The third-order valence-corrected chi connectivity index (χ3v) is 3.42. The van der Waals surface area contributed by atoms with Gasteiger partial charge in [0.2, 0.25) is 5.95 Å². The standard InChI is InChI=1S/C13H22N4O2/c1-12(2,3)9-15-10(17-11(14)16-9)13(18-4)5-7-19-8-6-13/h5-8H2,1-4H3,(H2,14,15,16,17). The van der Waals surface area contributed by atoms with Gasteiger partial charge in [0.15, 0.2) is 5.82 Å². The van der Waals surface area contributed by atoms with E-state index in [2.05, 4.69) is 35.7 Å². The number of nitrogens with zero attached hydrogens (tertiary/aromatic N) is 3. The van der Waals surface area contributed by atoms with E-state index in [0.29, 0.717) is 24.9 Å². The molecule has 19 heavy (non-hydrogen) atoms. The Bertz CT molecular complexity index is 450.